The van der Waals surface area contributed by atoms with Gasteiger partial charge in [-0.3, -0.25) is 0 Å². The number of tetrazole rings is 1. The van der Waals surface area contributed by atoms with Crippen molar-refractivity contribution in [2.75, 3.05) is 25.5 Å². The van der Waals surface area contributed by atoms with Gasteiger partial charge in [0, 0.05) is 17.1 Å². The Labute approximate surface area is 194 Å². The molecule has 172 valence electrons. The maximum atomic E-state index is 12.7. The van der Waals surface area contributed by atoms with Gasteiger partial charge in [-0.05, 0) is 47.2 Å². The summed E-state index contributed by atoms with van der Waals surface area (Å²) >= 11 is 5.90. The van der Waals surface area contributed by atoms with Gasteiger partial charge < -0.3 is 25.4 Å². The SMILES string of the molecule is COc1ccc(C[C@H](NC(=O)Nc2ccc(Cl)cc2)c2nnn(C3CN(C(=O)O)C3)n2)cc1. The number of urea groups is 1. The highest BCUT2D eigenvalue weighted by atomic mass is 35.5. The van der Waals surface area contributed by atoms with Crippen molar-refractivity contribution in [3.05, 3.63) is 64.9 Å². The molecule has 4 rings (SSSR count). The first-order chi connectivity index (χ1) is 15.9. The number of carboxylic acid groups (broad SMARTS) is 1. The van der Waals surface area contributed by atoms with Gasteiger partial charge in [0.05, 0.1) is 26.2 Å². The smallest absolute Gasteiger partial charge is 0.407 e. The number of likely N-dealkylation sites (tertiary alicyclic amines) is 1. The van der Waals surface area contributed by atoms with Gasteiger partial charge in [-0.25, -0.2) is 9.59 Å². The van der Waals surface area contributed by atoms with E-state index in [2.05, 4.69) is 26.0 Å². The van der Waals surface area contributed by atoms with E-state index in [1.54, 1.807) is 31.4 Å². The Morgan fingerprint density at radius 1 is 1.18 bits per heavy atom. The summed E-state index contributed by atoms with van der Waals surface area (Å²) in [7, 11) is 1.59. The van der Waals surface area contributed by atoms with E-state index in [1.165, 1.54) is 9.70 Å². The third-order valence-corrected chi connectivity index (χ3v) is 5.47. The molecule has 0 saturated carbocycles. The van der Waals surface area contributed by atoms with Crippen molar-refractivity contribution < 1.29 is 19.4 Å². The highest BCUT2D eigenvalue weighted by molar-refractivity contribution is 6.30. The Hall–Kier alpha value is -3.86. The van der Waals surface area contributed by atoms with Crippen LogP contribution in [0.5, 0.6) is 5.75 Å². The third kappa shape index (κ3) is 5.50. The number of rotatable bonds is 7. The predicted octanol–water partition coefficient (Wildman–Crippen LogP) is 2.98. The van der Waals surface area contributed by atoms with Crippen LogP contribution in [0.2, 0.25) is 5.02 Å². The normalized spacial score (nSPS) is 14.3. The monoisotopic (exact) mass is 471 g/mol. The van der Waals surface area contributed by atoms with Crippen LogP contribution >= 0.6 is 11.6 Å². The summed E-state index contributed by atoms with van der Waals surface area (Å²) in [5.74, 6) is 1.05. The lowest BCUT2D eigenvalue weighted by Gasteiger charge is -2.35. The summed E-state index contributed by atoms with van der Waals surface area (Å²) in [5, 5.41) is 27.8. The first-order valence-corrected chi connectivity index (χ1v) is 10.5. The van der Waals surface area contributed by atoms with Crippen LogP contribution in [0, 0.1) is 0 Å². The Morgan fingerprint density at radius 2 is 1.88 bits per heavy atom. The summed E-state index contributed by atoms with van der Waals surface area (Å²) in [6, 6.07) is 13.0. The number of nitrogens with one attached hydrogen (secondary N) is 2. The molecule has 0 radical (unpaired) electrons. The van der Waals surface area contributed by atoms with Crippen LogP contribution in [-0.2, 0) is 6.42 Å². The molecule has 2 heterocycles. The maximum absolute atomic E-state index is 12.7. The molecule has 0 aliphatic carbocycles. The van der Waals surface area contributed by atoms with E-state index < -0.39 is 18.2 Å². The van der Waals surface area contributed by atoms with Gasteiger partial charge >= 0.3 is 12.1 Å². The number of nitrogens with zero attached hydrogens (tertiary/aromatic N) is 5. The van der Waals surface area contributed by atoms with E-state index in [0.717, 1.165) is 11.3 Å². The van der Waals surface area contributed by atoms with E-state index in [4.69, 9.17) is 21.4 Å². The number of ether oxygens (including phenoxy) is 1. The van der Waals surface area contributed by atoms with Crippen molar-refractivity contribution >= 4 is 29.4 Å². The van der Waals surface area contributed by atoms with Crippen LogP contribution in [0.15, 0.2) is 48.5 Å². The van der Waals surface area contributed by atoms with Gasteiger partial charge in [-0.1, -0.05) is 23.7 Å². The molecule has 1 atom stereocenters. The Kier molecular flexibility index (Phi) is 6.59. The topological polar surface area (TPSA) is 134 Å². The summed E-state index contributed by atoms with van der Waals surface area (Å²) in [4.78, 5) is 26.3. The molecule has 0 unspecified atom stereocenters. The number of methoxy groups -OCH3 is 1. The molecule has 3 N–H and O–H groups in total. The number of anilines is 1. The molecule has 3 aromatic rings. The number of carbonyl (C=O) groups is 2. The van der Waals surface area contributed by atoms with Crippen LogP contribution in [0.4, 0.5) is 15.3 Å². The van der Waals surface area contributed by atoms with Gasteiger partial charge in [-0.2, -0.15) is 4.80 Å². The third-order valence-electron chi connectivity index (χ3n) is 5.22. The zero-order valence-corrected chi connectivity index (χ0v) is 18.4. The van der Waals surface area contributed by atoms with Gasteiger partial charge in [0.25, 0.3) is 0 Å². The average Bonchev–Trinajstić information content (AvgIpc) is 3.24. The van der Waals surface area contributed by atoms with Crippen molar-refractivity contribution in [2.45, 2.75) is 18.5 Å². The lowest BCUT2D eigenvalue weighted by molar-refractivity contribution is 0.0747. The van der Waals surface area contributed by atoms with Crippen LogP contribution in [0.3, 0.4) is 0 Å². The summed E-state index contributed by atoms with van der Waals surface area (Å²) in [5.41, 5.74) is 1.52. The molecule has 1 aromatic heterocycles. The maximum Gasteiger partial charge on any atom is 0.407 e. The fourth-order valence-electron chi connectivity index (χ4n) is 3.35. The fourth-order valence-corrected chi connectivity index (χ4v) is 3.48. The second-order valence-corrected chi connectivity index (χ2v) is 7.96. The van der Waals surface area contributed by atoms with Crippen LogP contribution in [0.1, 0.15) is 23.5 Å². The van der Waals surface area contributed by atoms with Crippen molar-refractivity contribution in [2.24, 2.45) is 0 Å². The first kappa shape index (κ1) is 22.3. The Morgan fingerprint density at radius 3 is 2.52 bits per heavy atom. The number of aromatic nitrogens is 4. The van der Waals surface area contributed by atoms with Gasteiger partial charge in [0.15, 0.2) is 5.82 Å². The van der Waals surface area contributed by atoms with Crippen molar-refractivity contribution in [1.82, 2.24) is 30.4 Å². The molecule has 1 fully saturated rings. The quantitative estimate of drug-likeness (QED) is 0.482. The predicted molar refractivity (Wildman–Crippen MR) is 119 cm³/mol. The van der Waals surface area contributed by atoms with E-state index >= 15 is 0 Å². The minimum Gasteiger partial charge on any atom is -0.497 e. The molecule has 0 spiro atoms. The fraction of sp³-hybridized carbons (Fsp3) is 0.286. The van der Waals surface area contributed by atoms with E-state index in [0.29, 0.717) is 36.0 Å². The number of carbonyl (C=O) groups excluding carboxylic acids is 1. The molecule has 1 aliphatic rings. The molecule has 11 nitrogen and oxygen atoms in total. The van der Waals surface area contributed by atoms with Crippen molar-refractivity contribution in [3.63, 3.8) is 0 Å². The largest absolute Gasteiger partial charge is 0.497 e. The summed E-state index contributed by atoms with van der Waals surface area (Å²) in [6.07, 6.45) is -0.570. The van der Waals surface area contributed by atoms with Crippen LogP contribution in [0.25, 0.3) is 0 Å². The van der Waals surface area contributed by atoms with Crippen molar-refractivity contribution in [1.29, 1.82) is 0 Å². The highest BCUT2D eigenvalue weighted by Crippen LogP contribution is 2.22. The number of benzene rings is 2. The van der Waals surface area contributed by atoms with Crippen LogP contribution < -0.4 is 15.4 Å². The Balaban J connectivity index is 1.49. The number of amides is 3. The number of halogens is 1. The molecule has 3 amide bonds. The first-order valence-electron chi connectivity index (χ1n) is 10.1. The molecule has 1 aliphatic heterocycles. The van der Waals surface area contributed by atoms with Gasteiger partial charge in [0.1, 0.15) is 11.8 Å². The lowest BCUT2D eigenvalue weighted by atomic mass is 10.1. The number of hydrogen-bond acceptors (Lipinski definition) is 6. The lowest BCUT2D eigenvalue weighted by Crippen LogP contribution is -2.50. The molecule has 2 aromatic carbocycles. The minimum absolute atomic E-state index is 0.188. The van der Waals surface area contributed by atoms with Gasteiger partial charge in [0.2, 0.25) is 0 Å². The second kappa shape index (κ2) is 9.74. The molecule has 0 bridgehead atoms. The molecular formula is C21H22ClN7O4. The molecule has 33 heavy (non-hydrogen) atoms. The highest BCUT2D eigenvalue weighted by Gasteiger charge is 2.34. The zero-order valence-electron chi connectivity index (χ0n) is 17.7. The second-order valence-electron chi connectivity index (χ2n) is 7.52. The standard InChI is InChI=1S/C21H22ClN7O4/c1-33-17-8-2-13(3-9-17)10-18(24-20(30)23-15-6-4-14(22)5-7-15)19-25-27-29(26-19)16-11-28(12-16)21(31)32/h2-9,16,18H,10-12H2,1H3,(H,31,32)(H2,23,24,30)/t18-/m0/s1. The average molecular weight is 472 g/mol. The van der Waals surface area contributed by atoms with Crippen LogP contribution in [-0.4, -0.2) is 62.5 Å². The summed E-state index contributed by atoms with van der Waals surface area (Å²) < 4.78 is 5.20. The minimum atomic E-state index is -0.982. The zero-order chi connectivity index (χ0) is 23.4. The van der Waals surface area contributed by atoms with E-state index in [9.17, 15) is 9.59 Å². The van der Waals surface area contributed by atoms with E-state index in [-0.39, 0.29) is 6.04 Å². The molecule has 12 heteroatoms. The van der Waals surface area contributed by atoms with E-state index in [1.807, 2.05) is 24.3 Å². The molecule has 1 saturated heterocycles. The van der Waals surface area contributed by atoms with Gasteiger partial charge in [-0.15, -0.1) is 10.2 Å². The Bertz CT molecular complexity index is 1110. The summed E-state index contributed by atoms with van der Waals surface area (Å²) in [6.45, 7) is 0.581. The molecular weight excluding hydrogens is 450 g/mol. The van der Waals surface area contributed by atoms with Crippen molar-refractivity contribution in [3.8, 4) is 5.75 Å². The number of hydrogen-bond donors (Lipinski definition) is 3.